The largest absolute Gasteiger partial charge is 0.387 e. The number of fused-ring (bicyclic) bond motifs is 1. The van der Waals surface area contributed by atoms with Gasteiger partial charge < -0.3 is 10.6 Å². The maximum absolute atomic E-state index is 6.39. The Labute approximate surface area is 209 Å². The van der Waals surface area contributed by atoms with E-state index in [1.165, 1.54) is 0 Å². The summed E-state index contributed by atoms with van der Waals surface area (Å²) in [4.78, 5) is 4.72. The molecular formula is C23H19BrCl3N5. The molecule has 0 aliphatic carbocycles. The van der Waals surface area contributed by atoms with Crippen molar-refractivity contribution in [1.29, 1.82) is 0 Å². The van der Waals surface area contributed by atoms with Crippen molar-refractivity contribution in [1.82, 2.24) is 19.9 Å². The molecule has 0 radical (unpaired) electrons. The van der Waals surface area contributed by atoms with Gasteiger partial charge in [0.25, 0.3) is 0 Å². The smallest absolute Gasteiger partial charge is 0.172 e. The highest BCUT2D eigenvalue weighted by molar-refractivity contribution is 9.10. The molecule has 164 valence electrons. The van der Waals surface area contributed by atoms with Crippen LogP contribution in [0.2, 0.25) is 15.1 Å². The van der Waals surface area contributed by atoms with Crippen LogP contribution in [-0.4, -0.2) is 27.7 Å². The van der Waals surface area contributed by atoms with E-state index in [2.05, 4.69) is 38.2 Å². The van der Waals surface area contributed by atoms with Gasteiger partial charge in [0, 0.05) is 51.9 Å². The average molecular weight is 552 g/mol. The Balaban J connectivity index is 1.44. The highest BCUT2D eigenvalue weighted by Crippen LogP contribution is 2.30. The van der Waals surface area contributed by atoms with E-state index >= 15 is 0 Å². The van der Waals surface area contributed by atoms with Crippen LogP contribution in [0.5, 0.6) is 0 Å². The second kappa shape index (κ2) is 10.1. The quantitative estimate of drug-likeness (QED) is 0.235. The standard InChI is InChI=1S/C23H19BrCl3N5/c1-14(10-15-6-7-16(25)11-20(15)27)28-8-9-29-22-12-21(17-4-2-3-5-19(17)26)31-23-18(24)13-30-32(22)23/h2-7,11-13,28-29H,1,8-10H2. The second-order valence-electron chi connectivity index (χ2n) is 7.10. The van der Waals surface area contributed by atoms with E-state index < -0.39 is 0 Å². The summed E-state index contributed by atoms with van der Waals surface area (Å²) in [5, 5.41) is 13.0. The van der Waals surface area contributed by atoms with Crippen LogP contribution in [0.1, 0.15) is 5.56 Å². The first-order chi connectivity index (χ1) is 15.4. The van der Waals surface area contributed by atoms with Crippen LogP contribution in [0.25, 0.3) is 16.9 Å². The van der Waals surface area contributed by atoms with Gasteiger partial charge in [-0.3, -0.25) is 0 Å². The van der Waals surface area contributed by atoms with Crippen molar-refractivity contribution in [3.8, 4) is 11.3 Å². The first kappa shape index (κ1) is 22.9. The number of nitrogens with zero attached hydrogens (tertiary/aromatic N) is 3. The average Bonchev–Trinajstić information content (AvgIpc) is 3.14. The van der Waals surface area contributed by atoms with Crippen LogP contribution in [0, 0.1) is 0 Å². The number of anilines is 1. The molecule has 0 spiro atoms. The van der Waals surface area contributed by atoms with Crippen molar-refractivity contribution in [2.24, 2.45) is 0 Å². The van der Waals surface area contributed by atoms with Crippen LogP contribution in [0.4, 0.5) is 5.82 Å². The zero-order valence-corrected chi connectivity index (χ0v) is 20.7. The van der Waals surface area contributed by atoms with Gasteiger partial charge in [-0.15, -0.1) is 0 Å². The molecule has 0 amide bonds. The third-order valence-corrected chi connectivity index (χ3v) is 6.28. The van der Waals surface area contributed by atoms with E-state index in [-0.39, 0.29) is 0 Å². The summed E-state index contributed by atoms with van der Waals surface area (Å²) in [6, 6.07) is 15.0. The third-order valence-electron chi connectivity index (χ3n) is 4.80. The Bertz CT molecular complexity index is 1290. The third kappa shape index (κ3) is 5.21. The van der Waals surface area contributed by atoms with Crippen molar-refractivity contribution in [3.05, 3.63) is 92.1 Å². The number of benzene rings is 2. The van der Waals surface area contributed by atoms with Gasteiger partial charge in [-0.25, -0.2) is 4.98 Å². The zero-order valence-electron chi connectivity index (χ0n) is 16.9. The van der Waals surface area contributed by atoms with E-state index in [4.69, 9.17) is 39.8 Å². The van der Waals surface area contributed by atoms with E-state index in [1.807, 2.05) is 42.5 Å². The number of allylic oxidation sites excluding steroid dienone is 1. The Hall–Kier alpha value is -2.25. The fourth-order valence-corrected chi connectivity index (χ4v) is 4.31. The second-order valence-corrected chi connectivity index (χ2v) is 9.21. The first-order valence-electron chi connectivity index (χ1n) is 9.81. The number of rotatable bonds is 8. The summed E-state index contributed by atoms with van der Waals surface area (Å²) in [7, 11) is 0. The number of nitrogens with one attached hydrogen (secondary N) is 2. The minimum atomic E-state index is 0.617. The van der Waals surface area contributed by atoms with E-state index in [9.17, 15) is 0 Å². The molecular weight excluding hydrogens is 533 g/mol. The highest BCUT2D eigenvalue weighted by atomic mass is 79.9. The number of aromatic nitrogens is 3. The Morgan fingerprint density at radius 2 is 1.84 bits per heavy atom. The summed E-state index contributed by atoms with van der Waals surface area (Å²) in [6.45, 7) is 5.41. The number of hydrogen-bond donors (Lipinski definition) is 2. The van der Waals surface area contributed by atoms with E-state index in [0.29, 0.717) is 40.2 Å². The summed E-state index contributed by atoms with van der Waals surface area (Å²) >= 11 is 22.1. The van der Waals surface area contributed by atoms with Gasteiger partial charge in [-0.05, 0) is 39.7 Å². The Morgan fingerprint density at radius 3 is 2.62 bits per heavy atom. The van der Waals surface area contributed by atoms with Crippen LogP contribution < -0.4 is 10.6 Å². The van der Waals surface area contributed by atoms with Gasteiger partial charge in [0.2, 0.25) is 0 Å². The predicted molar refractivity (Wildman–Crippen MR) is 137 cm³/mol. The van der Waals surface area contributed by atoms with Gasteiger partial charge in [0.15, 0.2) is 5.65 Å². The molecule has 0 saturated heterocycles. The van der Waals surface area contributed by atoms with Crippen molar-refractivity contribution in [2.45, 2.75) is 6.42 Å². The fourth-order valence-electron chi connectivity index (χ4n) is 3.26. The molecule has 2 aromatic carbocycles. The van der Waals surface area contributed by atoms with Crippen molar-refractivity contribution < 1.29 is 0 Å². The molecule has 0 bridgehead atoms. The van der Waals surface area contributed by atoms with E-state index in [0.717, 1.165) is 32.8 Å². The Morgan fingerprint density at radius 1 is 1.03 bits per heavy atom. The van der Waals surface area contributed by atoms with Crippen molar-refractivity contribution in [3.63, 3.8) is 0 Å². The lowest BCUT2D eigenvalue weighted by Crippen LogP contribution is -2.23. The van der Waals surface area contributed by atoms with Crippen LogP contribution in [0.3, 0.4) is 0 Å². The van der Waals surface area contributed by atoms with Crippen molar-refractivity contribution in [2.75, 3.05) is 18.4 Å². The first-order valence-corrected chi connectivity index (χ1v) is 11.7. The molecule has 4 rings (SSSR count). The van der Waals surface area contributed by atoms with Gasteiger partial charge in [0.1, 0.15) is 5.82 Å². The van der Waals surface area contributed by atoms with Gasteiger partial charge in [-0.2, -0.15) is 9.61 Å². The maximum atomic E-state index is 6.39. The molecule has 2 aromatic heterocycles. The molecule has 9 heteroatoms. The lowest BCUT2D eigenvalue weighted by Gasteiger charge is -2.14. The van der Waals surface area contributed by atoms with Crippen molar-refractivity contribution >= 4 is 62.2 Å². The topological polar surface area (TPSA) is 54.2 Å². The molecule has 0 aliphatic rings. The van der Waals surface area contributed by atoms with E-state index in [1.54, 1.807) is 16.8 Å². The van der Waals surface area contributed by atoms with Crippen LogP contribution >= 0.6 is 50.7 Å². The minimum absolute atomic E-state index is 0.617. The fraction of sp³-hybridized carbons (Fsp3) is 0.130. The molecule has 0 aliphatic heterocycles. The maximum Gasteiger partial charge on any atom is 0.172 e. The lowest BCUT2D eigenvalue weighted by molar-refractivity contribution is 0.787. The highest BCUT2D eigenvalue weighted by Gasteiger charge is 2.13. The monoisotopic (exact) mass is 549 g/mol. The molecule has 0 saturated carbocycles. The van der Waals surface area contributed by atoms with Crippen LogP contribution in [-0.2, 0) is 6.42 Å². The zero-order chi connectivity index (χ0) is 22.7. The molecule has 0 unspecified atom stereocenters. The molecule has 2 heterocycles. The normalized spacial score (nSPS) is 11.0. The van der Waals surface area contributed by atoms with Gasteiger partial charge in [-0.1, -0.05) is 65.6 Å². The minimum Gasteiger partial charge on any atom is -0.387 e. The molecule has 0 fully saturated rings. The molecule has 5 nitrogen and oxygen atoms in total. The number of halogens is 4. The van der Waals surface area contributed by atoms with Gasteiger partial charge >= 0.3 is 0 Å². The summed E-state index contributed by atoms with van der Waals surface area (Å²) in [5.74, 6) is 0.809. The SMILES string of the molecule is C=C(Cc1ccc(Cl)cc1Cl)NCCNc1cc(-c2ccccc2Cl)nc2c(Br)cnn12. The summed E-state index contributed by atoms with van der Waals surface area (Å²) < 4.78 is 2.56. The lowest BCUT2D eigenvalue weighted by atomic mass is 10.1. The summed E-state index contributed by atoms with van der Waals surface area (Å²) in [5.41, 5.74) is 4.18. The summed E-state index contributed by atoms with van der Waals surface area (Å²) in [6.07, 6.45) is 2.35. The number of hydrogen-bond acceptors (Lipinski definition) is 4. The Kier molecular flexibility index (Phi) is 7.26. The van der Waals surface area contributed by atoms with Gasteiger partial charge in [0.05, 0.1) is 16.4 Å². The predicted octanol–water partition coefficient (Wildman–Crippen LogP) is 6.88. The molecule has 32 heavy (non-hydrogen) atoms. The molecule has 2 N–H and O–H groups in total. The molecule has 4 aromatic rings. The molecule has 0 atom stereocenters. The van der Waals surface area contributed by atoms with Crippen LogP contribution in [0.15, 0.2) is 71.5 Å².